The Labute approximate surface area is 87.7 Å². The van der Waals surface area contributed by atoms with Crippen LogP contribution < -0.4 is 0 Å². The van der Waals surface area contributed by atoms with Crippen molar-refractivity contribution in [3.8, 4) is 0 Å². The van der Waals surface area contributed by atoms with Gasteiger partial charge in [-0.05, 0) is 34.1 Å². The van der Waals surface area contributed by atoms with E-state index in [1.54, 1.807) is 18.2 Å². The summed E-state index contributed by atoms with van der Waals surface area (Å²) in [6.07, 6.45) is 0. The van der Waals surface area contributed by atoms with E-state index in [2.05, 4.69) is 20.9 Å². The van der Waals surface area contributed by atoms with Crippen molar-refractivity contribution in [1.29, 1.82) is 0 Å². The lowest BCUT2D eigenvalue weighted by Crippen LogP contribution is -1.83. The third-order valence-electron chi connectivity index (χ3n) is 1.70. The van der Waals surface area contributed by atoms with Crippen molar-refractivity contribution in [1.82, 2.24) is 4.98 Å². The summed E-state index contributed by atoms with van der Waals surface area (Å²) < 4.78 is 13.5. The van der Waals surface area contributed by atoms with E-state index in [-0.39, 0.29) is 5.82 Å². The van der Waals surface area contributed by atoms with Gasteiger partial charge >= 0.3 is 0 Å². The highest BCUT2D eigenvalue weighted by Gasteiger charge is 2.02. The monoisotopic (exact) mass is 259 g/mol. The number of rotatable bonds is 0. The molecule has 0 bridgehead atoms. The second-order valence-electron chi connectivity index (χ2n) is 2.59. The van der Waals surface area contributed by atoms with Crippen molar-refractivity contribution in [3.05, 3.63) is 39.7 Å². The fraction of sp³-hybridized carbons (Fsp3) is 0. The van der Waals surface area contributed by atoms with Crippen molar-refractivity contribution in [2.24, 2.45) is 0 Å². The standard InChI is InChI=1S/C9H4BrClFN/c10-6-3-5-1-2-9(11)13-8(5)4-7(6)12/h1-4H. The minimum Gasteiger partial charge on any atom is -0.236 e. The first-order valence-corrected chi connectivity index (χ1v) is 4.75. The molecule has 66 valence electrons. The summed E-state index contributed by atoms with van der Waals surface area (Å²) in [7, 11) is 0. The van der Waals surface area contributed by atoms with Gasteiger partial charge in [-0.2, -0.15) is 0 Å². The normalized spacial score (nSPS) is 10.7. The van der Waals surface area contributed by atoms with E-state index in [0.717, 1.165) is 5.39 Å². The van der Waals surface area contributed by atoms with E-state index in [9.17, 15) is 4.39 Å². The number of aromatic nitrogens is 1. The van der Waals surface area contributed by atoms with E-state index in [4.69, 9.17) is 11.6 Å². The molecule has 0 atom stereocenters. The van der Waals surface area contributed by atoms with Crippen LogP contribution in [0.3, 0.4) is 0 Å². The molecule has 0 aliphatic carbocycles. The molecule has 1 aromatic heterocycles. The molecular formula is C9H4BrClFN. The highest BCUT2D eigenvalue weighted by Crippen LogP contribution is 2.23. The molecular weight excluding hydrogens is 256 g/mol. The van der Waals surface area contributed by atoms with Gasteiger partial charge in [0.15, 0.2) is 0 Å². The Bertz CT molecular complexity index is 472. The SMILES string of the molecule is Fc1cc2nc(Cl)ccc2cc1Br. The maximum Gasteiger partial charge on any atom is 0.139 e. The lowest BCUT2D eigenvalue weighted by Gasteiger charge is -1.99. The molecule has 0 saturated heterocycles. The summed E-state index contributed by atoms with van der Waals surface area (Å²) in [4.78, 5) is 3.98. The van der Waals surface area contributed by atoms with Crippen LogP contribution in [-0.2, 0) is 0 Å². The van der Waals surface area contributed by atoms with E-state index in [0.29, 0.717) is 15.1 Å². The molecule has 1 aromatic carbocycles. The Hall–Kier alpha value is -0.670. The Morgan fingerprint density at radius 1 is 1.31 bits per heavy atom. The van der Waals surface area contributed by atoms with Gasteiger partial charge in [0.05, 0.1) is 9.99 Å². The molecule has 13 heavy (non-hydrogen) atoms. The van der Waals surface area contributed by atoms with Gasteiger partial charge in [-0.25, -0.2) is 9.37 Å². The molecule has 0 saturated carbocycles. The summed E-state index contributed by atoms with van der Waals surface area (Å²) in [5, 5.41) is 1.23. The lowest BCUT2D eigenvalue weighted by atomic mass is 10.2. The number of pyridine rings is 1. The zero-order chi connectivity index (χ0) is 9.42. The quantitative estimate of drug-likeness (QED) is 0.657. The molecule has 2 aromatic rings. The molecule has 1 heterocycles. The topological polar surface area (TPSA) is 12.9 Å². The van der Waals surface area contributed by atoms with Crippen LogP contribution in [-0.4, -0.2) is 4.98 Å². The van der Waals surface area contributed by atoms with Crippen LogP contribution in [0, 0.1) is 5.82 Å². The lowest BCUT2D eigenvalue weighted by molar-refractivity contribution is 0.623. The van der Waals surface area contributed by atoms with Crippen LogP contribution in [0.5, 0.6) is 0 Å². The molecule has 0 unspecified atom stereocenters. The zero-order valence-corrected chi connectivity index (χ0v) is 8.73. The second-order valence-corrected chi connectivity index (χ2v) is 3.83. The Morgan fingerprint density at radius 2 is 2.08 bits per heavy atom. The first-order valence-electron chi connectivity index (χ1n) is 3.58. The van der Waals surface area contributed by atoms with Gasteiger partial charge < -0.3 is 0 Å². The fourth-order valence-corrected chi connectivity index (χ4v) is 1.61. The molecule has 4 heteroatoms. The van der Waals surface area contributed by atoms with Crippen LogP contribution in [0.2, 0.25) is 5.15 Å². The van der Waals surface area contributed by atoms with Crippen molar-refractivity contribution in [3.63, 3.8) is 0 Å². The maximum atomic E-state index is 13.1. The molecule has 1 nitrogen and oxygen atoms in total. The molecule has 0 N–H and O–H groups in total. The predicted octanol–water partition coefficient (Wildman–Crippen LogP) is 3.79. The number of fused-ring (bicyclic) bond motifs is 1. The van der Waals surface area contributed by atoms with Crippen LogP contribution >= 0.6 is 27.5 Å². The zero-order valence-electron chi connectivity index (χ0n) is 6.39. The van der Waals surface area contributed by atoms with E-state index >= 15 is 0 Å². The van der Waals surface area contributed by atoms with Gasteiger partial charge in [-0.1, -0.05) is 11.6 Å². The average molecular weight is 260 g/mol. The summed E-state index contributed by atoms with van der Waals surface area (Å²) in [5.41, 5.74) is 0.563. The van der Waals surface area contributed by atoms with Gasteiger partial charge in [0.25, 0.3) is 0 Å². The minimum absolute atomic E-state index is 0.331. The fourth-order valence-electron chi connectivity index (χ4n) is 1.09. The maximum absolute atomic E-state index is 13.1. The van der Waals surface area contributed by atoms with Gasteiger partial charge in [0, 0.05) is 11.5 Å². The number of halogens is 3. The largest absolute Gasteiger partial charge is 0.236 e. The Kier molecular flexibility index (Phi) is 2.22. The Balaban J connectivity index is 2.81. The molecule has 0 radical (unpaired) electrons. The minimum atomic E-state index is -0.331. The number of hydrogen-bond acceptors (Lipinski definition) is 1. The van der Waals surface area contributed by atoms with Crippen molar-refractivity contribution in [2.75, 3.05) is 0 Å². The smallest absolute Gasteiger partial charge is 0.139 e. The molecule has 0 amide bonds. The van der Waals surface area contributed by atoms with Crippen LogP contribution in [0.25, 0.3) is 10.9 Å². The van der Waals surface area contributed by atoms with Crippen molar-refractivity contribution < 1.29 is 4.39 Å². The average Bonchev–Trinajstić information content (AvgIpc) is 2.08. The third-order valence-corrected chi connectivity index (χ3v) is 2.52. The Morgan fingerprint density at radius 3 is 2.85 bits per heavy atom. The molecule has 0 aliphatic heterocycles. The van der Waals surface area contributed by atoms with Gasteiger partial charge in [-0.15, -0.1) is 0 Å². The summed E-state index contributed by atoms with van der Waals surface area (Å²) in [5.74, 6) is -0.331. The second kappa shape index (κ2) is 3.24. The highest BCUT2D eigenvalue weighted by molar-refractivity contribution is 9.10. The molecule has 2 rings (SSSR count). The van der Waals surface area contributed by atoms with Gasteiger partial charge in [0.1, 0.15) is 11.0 Å². The van der Waals surface area contributed by atoms with Crippen molar-refractivity contribution >= 4 is 38.4 Å². The third kappa shape index (κ3) is 1.67. The highest BCUT2D eigenvalue weighted by atomic mass is 79.9. The molecule has 0 aliphatic rings. The molecule has 0 spiro atoms. The van der Waals surface area contributed by atoms with Gasteiger partial charge in [0.2, 0.25) is 0 Å². The first-order chi connectivity index (χ1) is 6.16. The summed E-state index contributed by atoms with van der Waals surface area (Å²) in [6.45, 7) is 0. The van der Waals surface area contributed by atoms with Crippen LogP contribution in [0.1, 0.15) is 0 Å². The number of benzene rings is 1. The predicted molar refractivity (Wildman–Crippen MR) is 54.4 cm³/mol. The molecule has 0 fully saturated rings. The number of hydrogen-bond donors (Lipinski definition) is 0. The summed E-state index contributed by atoms with van der Waals surface area (Å²) >= 11 is 8.76. The van der Waals surface area contributed by atoms with Crippen LogP contribution in [0.15, 0.2) is 28.7 Å². The first kappa shape index (κ1) is 8.91. The summed E-state index contributed by atoms with van der Waals surface area (Å²) in [6, 6.07) is 6.50. The van der Waals surface area contributed by atoms with E-state index < -0.39 is 0 Å². The van der Waals surface area contributed by atoms with Crippen LogP contribution in [0.4, 0.5) is 4.39 Å². The van der Waals surface area contributed by atoms with E-state index in [1.165, 1.54) is 6.07 Å². The van der Waals surface area contributed by atoms with Crippen molar-refractivity contribution in [2.45, 2.75) is 0 Å². The van der Waals surface area contributed by atoms with E-state index in [1.807, 2.05) is 0 Å². The van der Waals surface area contributed by atoms with Gasteiger partial charge in [-0.3, -0.25) is 0 Å². The number of nitrogens with zero attached hydrogens (tertiary/aromatic N) is 1.